The first-order chi connectivity index (χ1) is 36.0. The van der Waals surface area contributed by atoms with E-state index in [-0.39, 0.29) is 10.8 Å². The number of para-hydroxylation sites is 2. The van der Waals surface area contributed by atoms with Crippen molar-refractivity contribution < 1.29 is 0 Å². The van der Waals surface area contributed by atoms with Crippen LogP contribution < -0.4 is 4.90 Å². The van der Waals surface area contributed by atoms with Gasteiger partial charge in [-0.3, -0.25) is 0 Å². The Morgan fingerprint density at radius 3 is 1.23 bits per heavy atom. The number of benzene rings is 12. The lowest BCUT2D eigenvalue weighted by atomic mass is 9.85. The van der Waals surface area contributed by atoms with E-state index >= 15 is 0 Å². The zero-order valence-electron chi connectivity index (χ0n) is 43.0. The van der Waals surface area contributed by atoms with Gasteiger partial charge < -0.3 is 9.47 Å². The van der Waals surface area contributed by atoms with E-state index in [1.807, 2.05) is 0 Å². The van der Waals surface area contributed by atoms with Gasteiger partial charge in [-0.15, -0.1) is 0 Å². The Balaban J connectivity index is 1.07. The second-order valence-corrected chi connectivity index (χ2v) is 22.2. The molecule has 0 fully saturated rings. The number of nitrogens with zero attached hydrogens (tertiary/aromatic N) is 2. The molecule has 0 atom stereocenters. The number of anilines is 3. The largest absolute Gasteiger partial charge is 0.309 e. The Morgan fingerprint density at radius 2 is 0.716 bits per heavy atom. The van der Waals surface area contributed by atoms with Gasteiger partial charge >= 0.3 is 0 Å². The average molecular weight is 951 g/mol. The van der Waals surface area contributed by atoms with E-state index in [4.69, 9.17) is 0 Å². The summed E-state index contributed by atoms with van der Waals surface area (Å²) in [7, 11) is 0. The predicted octanol–water partition coefficient (Wildman–Crippen LogP) is 20.4. The third kappa shape index (κ3) is 7.64. The van der Waals surface area contributed by atoms with Gasteiger partial charge in [-0.2, -0.15) is 0 Å². The molecule has 1 aromatic heterocycles. The van der Waals surface area contributed by atoms with E-state index in [2.05, 4.69) is 294 Å². The maximum Gasteiger partial charge on any atom is 0.0541 e. The van der Waals surface area contributed by atoms with Crippen molar-refractivity contribution in [2.45, 2.75) is 52.4 Å². The third-order valence-electron chi connectivity index (χ3n) is 15.4. The molecule has 0 aliphatic carbocycles. The van der Waals surface area contributed by atoms with Gasteiger partial charge in [0.2, 0.25) is 0 Å². The Morgan fingerprint density at radius 1 is 0.297 bits per heavy atom. The topological polar surface area (TPSA) is 8.17 Å². The van der Waals surface area contributed by atoms with E-state index < -0.39 is 0 Å². The van der Waals surface area contributed by atoms with Crippen LogP contribution in [0.4, 0.5) is 17.1 Å². The average Bonchev–Trinajstić information content (AvgIpc) is 3.77. The van der Waals surface area contributed by atoms with Crippen molar-refractivity contribution in [3.8, 4) is 50.2 Å². The van der Waals surface area contributed by atoms with Crippen LogP contribution in [0.15, 0.2) is 243 Å². The van der Waals surface area contributed by atoms with Crippen LogP contribution in [0.1, 0.15) is 52.7 Å². The second-order valence-electron chi connectivity index (χ2n) is 22.2. The lowest BCUT2D eigenvalue weighted by Gasteiger charge is -2.31. The van der Waals surface area contributed by atoms with Crippen molar-refractivity contribution in [1.82, 2.24) is 4.57 Å². The molecule has 0 saturated carbocycles. The molecule has 13 aromatic rings. The standard InChI is InChI=1S/C72H58N2/c1-71(2,3)55-35-41-67-61(45-55)62-46-56(72(4,5)6)36-42-68(62)74(67)66-40-34-50-31-37-59-65(39-33-49-32-38-60(66)70(50)69(49)59)73(63-29-15-13-27-57(63)53-25-17-23-51(43-53)47-19-9-7-10-20-47)64-30-16-14-28-58(64)54-26-18-24-52(44-54)48-21-11-8-12-22-48/h7-46H,1-6H3. The van der Waals surface area contributed by atoms with Gasteiger partial charge in [0, 0.05) is 32.7 Å². The summed E-state index contributed by atoms with van der Waals surface area (Å²) in [5.41, 5.74) is 19.1. The third-order valence-corrected chi connectivity index (χ3v) is 15.4. The van der Waals surface area contributed by atoms with Crippen LogP contribution >= 0.6 is 0 Å². The molecule has 0 spiro atoms. The van der Waals surface area contributed by atoms with E-state index in [0.717, 1.165) is 39.3 Å². The van der Waals surface area contributed by atoms with Crippen molar-refractivity contribution in [1.29, 1.82) is 0 Å². The first-order valence-corrected chi connectivity index (χ1v) is 26.1. The molecular formula is C72H58N2. The van der Waals surface area contributed by atoms with Crippen LogP contribution in [-0.2, 0) is 10.8 Å². The van der Waals surface area contributed by atoms with Crippen LogP contribution in [0.5, 0.6) is 0 Å². The molecule has 0 N–H and O–H groups in total. The van der Waals surface area contributed by atoms with Gasteiger partial charge in [-0.25, -0.2) is 0 Å². The van der Waals surface area contributed by atoms with Crippen LogP contribution in [-0.4, -0.2) is 4.57 Å². The molecule has 0 saturated heterocycles. The summed E-state index contributed by atoms with van der Waals surface area (Å²) < 4.78 is 2.53. The Hall–Kier alpha value is -8.72. The summed E-state index contributed by atoms with van der Waals surface area (Å²) in [6.45, 7) is 13.9. The molecule has 74 heavy (non-hydrogen) atoms. The van der Waals surface area contributed by atoms with Gasteiger partial charge in [0.15, 0.2) is 0 Å². The SMILES string of the molecule is CC(C)(C)c1ccc2c(c1)c1cc(C(C)(C)C)ccc1n2-c1ccc2ccc3c(N(c4ccccc4-c4cccc(-c5ccccc5)c4)c4ccccc4-c4cccc(-c5ccccc5)c4)ccc4ccc1c2c43. The number of rotatable bonds is 8. The normalized spacial score (nSPS) is 12.2. The number of hydrogen-bond donors (Lipinski definition) is 0. The summed E-state index contributed by atoms with van der Waals surface area (Å²) in [5, 5.41) is 10.0. The Bertz CT molecular complexity index is 4060. The highest BCUT2D eigenvalue weighted by Crippen LogP contribution is 2.50. The molecule has 0 aliphatic rings. The van der Waals surface area contributed by atoms with E-state index in [1.54, 1.807) is 0 Å². The Kier molecular flexibility index (Phi) is 10.7. The highest BCUT2D eigenvalue weighted by Gasteiger charge is 2.26. The maximum atomic E-state index is 2.54. The number of aromatic nitrogens is 1. The van der Waals surface area contributed by atoms with Crippen LogP contribution in [0, 0.1) is 0 Å². The summed E-state index contributed by atoms with van der Waals surface area (Å²) in [5.74, 6) is 0. The fourth-order valence-electron chi connectivity index (χ4n) is 11.6. The predicted molar refractivity (Wildman–Crippen MR) is 318 cm³/mol. The first kappa shape index (κ1) is 45.2. The fourth-order valence-corrected chi connectivity index (χ4v) is 11.6. The van der Waals surface area contributed by atoms with Crippen LogP contribution in [0.2, 0.25) is 0 Å². The summed E-state index contributed by atoms with van der Waals surface area (Å²) in [6, 6.07) is 90.4. The van der Waals surface area contributed by atoms with Crippen molar-refractivity contribution in [3.05, 3.63) is 254 Å². The molecule has 2 heteroatoms. The zero-order valence-corrected chi connectivity index (χ0v) is 43.0. The lowest BCUT2D eigenvalue weighted by Crippen LogP contribution is -2.13. The van der Waals surface area contributed by atoms with Gasteiger partial charge in [0.25, 0.3) is 0 Å². The van der Waals surface area contributed by atoms with E-state index in [9.17, 15) is 0 Å². The molecule has 2 nitrogen and oxygen atoms in total. The Labute approximate surface area is 434 Å². The van der Waals surface area contributed by atoms with Gasteiger partial charge in [0.05, 0.1) is 33.8 Å². The maximum absolute atomic E-state index is 2.54. The van der Waals surface area contributed by atoms with Gasteiger partial charge in [-0.05, 0) is 138 Å². The molecule has 0 aliphatic heterocycles. The molecule has 0 amide bonds. The minimum atomic E-state index is 0.0161. The molecule has 0 radical (unpaired) electrons. The molecule has 12 aromatic carbocycles. The van der Waals surface area contributed by atoms with E-state index in [0.29, 0.717) is 0 Å². The number of fused-ring (bicyclic) bond motifs is 3. The molecule has 0 bridgehead atoms. The molecule has 13 rings (SSSR count). The number of hydrogen-bond acceptors (Lipinski definition) is 1. The summed E-state index contributed by atoms with van der Waals surface area (Å²) in [6.07, 6.45) is 0. The minimum absolute atomic E-state index is 0.0161. The molecule has 1 heterocycles. The van der Waals surface area contributed by atoms with Crippen LogP contribution in [0.25, 0.3) is 104 Å². The van der Waals surface area contributed by atoms with Crippen molar-refractivity contribution in [2.75, 3.05) is 4.90 Å². The van der Waals surface area contributed by atoms with Gasteiger partial charge in [-0.1, -0.05) is 224 Å². The summed E-state index contributed by atoms with van der Waals surface area (Å²) in [4.78, 5) is 2.54. The summed E-state index contributed by atoms with van der Waals surface area (Å²) >= 11 is 0. The second kappa shape index (κ2) is 17.5. The minimum Gasteiger partial charge on any atom is -0.309 e. The van der Waals surface area contributed by atoms with Crippen molar-refractivity contribution >= 4 is 71.2 Å². The van der Waals surface area contributed by atoms with E-state index in [1.165, 1.54) is 93.2 Å². The molecular weight excluding hydrogens is 893 g/mol. The van der Waals surface area contributed by atoms with Crippen molar-refractivity contribution in [3.63, 3.8) is 0 Å². The highest BCUT2D eigenvalue weighted by molar-refractivity contribution is 6.28. The quantitative estimate of drug-likeness (QED) is 0.138. The fraction of sp³-hybridized carbons (Fsp3) is 0.111. The smallest absolute Gasteiger partial charge is 0.0541 e. The zero-order chi connectivity index (χ0) is 50.3. The molecule has 356 valence electrons. The first-order valence-electron chi connectivity index (χ1n) is 26.1. The highest BCUT2D eigenvalue weighted by atomic mass is 15.1. The monoisotopic (exact) mass is 950 g/mol. The molecule has 0 unspecified atom stereocenters. The van der Waals surface area contributed by atoms with Crippen molar-refractivity contribution in [2.24, 2.45) is 0 Å². The lowest BCUT2D eigenvalue weighted by molar-refractivity contribution is 0.590. The van der Waals surface area contributed by atoms with Crippen LogP contribution in [0.3, 0.4) is 0 Å². The van der Waals surface area contributed by atoms with Gasteiger partial charge in [0.1, 0.15) is 0 Å².